The number of ether oxygens (including phenoxy) is 5. The Morgan fingerprint density at radius 2 is 0.857 bits per heavy atom. The number of amides is 3. The number of carbonyl (C=O) groups excluding carboxylic acids is 4. The van der Waals surface area contributed by atoms with E-state index in [2.05, 4.69) is 62.4 Å². The van der Waals surface area contributed by atoms with Gasteiger partial charge in [-0.25, -0.2) is 45.2 Å². The Morgan fingerprint density at radius 3 is 1.18 bits per heavy atom. The first-order valence-corrected chi connectivity index (χ1v) is 33.7. The molecular weight excluding hydrogens is 1460 g/mol. The van der Waals surface area contributed by atoms with E-state index < -0.39 is 204 Å². The van der Waals surface area contributed by atoms with Gasteiger partial charge >= 0.3 is 50.8 Å². The van der Waals surface area contributed by atoms with Gasteiger partial charge in [-0.2, -0.15) is 12.9 Å². The van der Waals surface area contributed by atoms with E-state index in [1.165, 1.54) is 17.3 Å². The number of carbonyl (C=O) groups is 4. The molecule has 0 aromatic carbocycles. The lowest BCUT2D eigenvalue weighted by molar-refractivity contribution is -0.220. The second-order valence-electron chi connectivity index (χ2n) is 20.5. The number of H-pyrrole nitrogens is 1. The molecule has 98 heavy (non-hydrogen) atoms. The van der Waals surface area contributed by atoms with Gasteiger partial charge in [0, 0.05) is 49.1 Å². The van der Waals surface area contributed by atoms with Crippen LogP contribution in [0.4, 0.5) is 17.6 Å². The van der Waals surface area contributed by atoms with E-state index in [4.69, 9.17) is 53.4 Å². The molecule has 0 bridgehead atoms. The Balaban J connectivity index is 0.000000280. The zero-order chi connectivity index (χ0) is 73.9. The monoisotopic (exact) mass is 1530 g/mol. The molecule has 3 unspecified atom stereocenters. The quantitative estimate of drug-likeness (QED) is 0.0329. The number of aromatic amines is 1. The smallest absolute Gasteiger partial charge is 0.459 e. The molecule has 3 amide bonds. The highest BCUT2D eigenvalue weighted by molar-refractivity contribution is 7.66. The minimum absolute atomic E-state index is 0. The van der Waals surface area contributed by atoms with E-state index in [1.54, 1.807) is 18.8 Å². The summed E-state index contributed by atoms with van der Waals surface area (Å²) in [6.45, 7) is 8.42. The number of aliphatic hydroxyl groups is 9. The van der Waals surface area contributed by atoms with E-state index in [9.17, 15) is 115 Å². The van der Waals surface area contributed by atoms with Crippen molar-refractivity contribution >= 4 is 62.8 Å². The number of alkyl halides is 4. The molecule has 45 nitrogen and oxygen atoms in total. The molecule has 19 atom stereocenters. The van der Waals surface area contributed by atoms with Crippen molar-refractivity contribution in [1.82, 2.24) is 40.2 Å². The summed E-state index contributed by atoms with van der Waals surface area (Å²) in [7, 11) is -28.1. The van der Waals surface area contributed by atoms with E-state index >= 15 is 0 Å². The molecule has 1 aromatic heterocycles. The lowest BCUT2D eigenvalue weighted by Gasteiger charge is -2.32. The average Bonchev–Trinajstić information content (AvgIpc) is 1.65. The van der Waals surface area contributed by atoms with Crippen LogP contribution in [0, 0.1) is 5.92 Å². The topological polar surface area (TPSA) is 670 Å². The van der Waals surface area contributed by atoms with Crippen LogP contribution < -0.4 is 27.2 Å². The molecule has 0 radical (unpaired) electrons. The predicted molar refractivity (Wildman–Crippen MR) is 303 cm³/mol. The molecule has 0 saturated carbocycles. The second kappa shape index (κ2) is 32.1. The van der Waals surface area contributed by atoms with Crippen molar-refractivity contribution in [3.8, 4) is 0 Å². The summed E-state index contributed by atoms with van der Waals surface area (Å²) in [6, 6.07) is 0.800. The largest absolute Gasteiger partial charge is 0.490 e. The molecule has 8 heterocycles. The lowest BCUT2D eigenvalue weighted by Crippen LogP contribution is -2.46. The van der Waals surface area contributed by atoms with Crippen LogP contribution in [-0.4, -0.2) is 246 Å². The van der Waals surface area contributed by atoms with Crippen LogP contribution in [0.25, 0.3) is 0 Å². The van der Waals surface area contributed by atoms with Crippen molar-refractivity contribution in [3.63, 3.8) is 0 Å². The minimum atomic E-state index is -5.87. The Hall–Kier alpha value is -5.73. The Kier molecular flexibility index (Phi) is 27.7. The minimum Gasteiger partial charge on any atom is -0.459 e. The molecule has 556 valence electrons. The van der Waals surface area contributed by atoms with Gasteiger partial charge in [-0.05, 0) is 0 Å². The summed E-state index contributed by atoms with van der Waals surface area (Å²) in [5.41, 5.74) is -2.01. The van der Waals surface area contributed by atoms with Crippen LogP contribution >= 0.6 is 39.1 Å². The summed E-state index contributed by atoms with van der Waals surface area (Å²) < 4.78 is 156. The van der Waals surface area contributed by atoms with Crippen LogP contribution in [0.3, 0.4) is 0 Å². The van der Waals surface area contributed by atoms with E-state index in [-0.39, 0.29) is 24.9 Å². The molecule has 54 heteroatoms. The van der Waals surface area contributed by atoms with E-state index in [1.807, 2.05) is 0 Å². The Bertz CT molecular complexity index is 3640. The van der Waals surface area contributed by atoms with Gasteiger partial charge in [0.1, 0.15) is 86.1 Å². The van der Waals surface area contributed by atoms with Crippen molar-refractivity contribution in [3.05, 3.63) is 107 Å². The fourth-order valence-corrected chi connectivity index (χ4v) is 13.0. The van der Waals surface area contributed by atoms with Crippen molar-refractivity contribution in [1.29, 1.82) is 0 Å². The maximum atomic E-state index is 14.8. The van der Waals surface area contributed by atoms with Gasteiger partial charge in [-0.15, -0.1) is 0 Å². The molecule has 20 N–H and O–H groups in total. The van der Waals surface area contributed by atoms with Crippen LogP contribution in [-0.2, 0) is 87.7 Å². The highest BCUT2D eigenvalue weighted by Crippen LogP contribution is 2.66. The van der Waals surface area contributed by atoms with E-state index in [0.717, 1.165) is 46.5 Å². The fraction of sp³-hybridized carbons (Fsp3) is 0.545. The molecule has 4 saturated heterocycles. The van der Waals surface area contributed by atoms with Gasteiger partial charge in [0.05, 0.1) is 5.92 Å². The van der Waals surface area contributed by atoms with Gasteiger partial charge < -0.3 is 135 Å². The lowest BCUT2D eigenvalue weighted by atomic mass is 10.1. The zero-order valence-corrected chi connectivity index (χ0v) is 53.3. The highest BCUT2D eigenvalue weighted by atomic mass is 31.3. The number of phosphoric acid groups is 5. The first kappa shape index (κ1) is 84.7. The van der Waals surface area contributed by atoms with Crippen LogP contribution in [0.15, 0.2) is 95.9 Å². The average molecular weight is 1530 g/mol. The molecule has 0 aliphatic carbocycles. The van der Waals surface area contributed by atoms with Crippen molar-refractivity contribution in [2.45, 2.75) is 118 Å². The number of phosphoric ester groups is 2. The number of nitrogens with one attached hydrogen (secondary N) is 4. The van der Waals surface area contributed by atoms with E-state index in [0.29, 0.717) is 4.57 Å². The molecule has 7 aliphatic rings. The van der Waals surface area contributed by atoms with Gasteiger partial charge in [0.25, 0.3) is 46.7 Å². The number of rotatable bonds is 20. The van der Waals surface area contributed by atoms with Gasteiger partial charge in [-0.3, -0.25) is 42.6 Å². The molecular formula is C44H65F4N8O37P5. The molecule has 1 aromatic rings. The van der Waals surface area contributed by atoms with Gasteiger partial charge in [0.2, 0.25) is 0 Å². The summed E-state index contributed by atoms with van der Waals surface area (Å²) in [5.74, 6) is -14.8. The normalized spacial score (nSPS) is 34.1. The number of nitrogens with zero attached hydrogens (tertiary/aromatic N) is 4. The molecule has 0 spiro atoms. The number of halogens is 4. The van der Waals surface area contributed by atoms with Gasteiger partial charge in [0.15, 0.2) is 31.5 Å². The first-order chi connectivity index (χ1) is 44.2. The molecule has 7 aliphatic heterocycles. The predicted octanol–water partition coefficient (Wildman–Crippen LogP) is -5.71. The second-order valence-corrected chi connectivity index (χ2v) is 27.8. The molecule has 4 fully saturated rings. The standard InChI is InChI=1S/C14H19FN2O6.C10H15FN2O11P2.C10H13FN2O5.C9H14FN2O15P3.CH4/c1-7(2)13(21)22-6-14(15)11(20)10(19)12(23-14)17-5-4-9(18)16-8(17)3;1-5-12-6(14)2-3-13(5)9-7(15)8(16)10(11,23-9)4-22-26(20,21)24-25(17,18)19;1-5-12-6(15)2-3-13(5)9-7(16)8(17)10(11,4-14)18-9;10-9(3-24-29(20,21)27-30(22,23)26-28(17,18)19)6(15)5(14)7(25-9)12-2-1-4(13)11-8(12)16;/h4-5,7,10-12,19-20H,3,6H2,1-2H3,(H,16,18);2-3,7-9,15-16H,1,4H2,(H,12,14)(H,20,21)(H2,17,18,19);2-3,7-9,14,16-17H,1,4H2,(H,12,15);1-2,5-7,14-15H,3H2,(H,20,21)(H,22,23)(H,11,13,16)(H2,17,18,19);1H4/t10-,11+,12-,14-;2*7-,8+,9-,10-;5-,6+,7-,9-;/m1111./s1. The van der Waals surface area contributed by atoms with Crippen LogP contribution in [0.2, 0.25) is 0 Å². The number of aromatic nitrogens is 2. The van der Waals surface area contributed by atoms with Gasteiger partial charge in [-0.1, -0.05) is 41.0 Å². The van der Waals surface area contributed by atoms with Crippen molar-refractivity contribution in [2.75, 3.05) is 26.4 Å². The number of hydrogen-bond acceptors (Lipinski definition) is 33. The SMILES string of the molecule is C.C=C1NC(=O)C=CN1[C@@H]1O[C@](F)(CO)[C@@H](O)[C@H]1O.C=C1NC(=O)C=CN1[C@@H]1O[C@](F)(COC(=O)C(C)C)[C@@H](O)[C@H]1O.C=C1NC(=O)C=CN1[C@@H]1O[C@](F)(COP(=O)(O)OP(=O)(O)O)[C@@H](O)[C@H]1O.O=c1ccn([C@@H]2O[C@](F)(COP(=O)(O)OP(=O)(O)OP(=O)(O)O)[C@@H](O)[C@H]2O)c(=O)[nH]1. The first-order valence-electron chi connectivity index (χ1n) is 26.2. The maximum absolute atomic E-state index is 14.8. The van der Waals surface area contributed by atoms with Crippen molar-refractivity contribution in [2.24, 2.45) is 5.92 Å². The maximum Gasteiger partial charge on any atom is 0.490 e. The third-order valence-corrected chi connectivity index (χ3v) is 18.8. The molecule has 8 rings (SSSR count). The van der Waals surface area contributed by atoms with Crippen LogP contribution in [0.1, 0.15) is 27.5 Å². The number of esters is 1. The Morgan fingerprint density at radius 1 is 0.541 bits per heavy atom. The number of hydrogen-bond donors (Lipinski definition) is 20. The number of aliphatic hydroxyl groups excluding tert-OH is 9. The zero-order valence-electron chi connectivity index (χ0n) is 48.8. The highest BCUT2D eigenvalue weighted by Gasteiger charge is 2.62. The summed E-state index contributed by atoms with van der Waals surface area (Å²) in [4.78, 5) is 134. The third kappa shape index (κ3) is 21.4. The summed E-state index contributed by atoms with van der Waals surface area (Å²) >= 11 is 0. The third-order valence-electron chi connectivity index (χ3n) is 12.9. The summed E-state index contributed by atoms with van der Waals surface area (Å²) in [6.07, 6.45) is -14.5. The van der Waals surface area contributed by atoms with Crippen LogP contribution in [0.5, 0.6) is 0 Å². The fourth-order valence-electron chi connectivity index (χ4n) is 8.32. The summed E-state index contributed by atoms with van der Waals surface area (Å²) in [5, 5.41) is 94.4. The Labute approximate surface area is 545 Å². The van der Waals surface area contributed by atoms with Crippen molar-refractivity contribution < 1.29 is 185 Å².